The van der Waals surface area contributed by atoms with Crippen molar-refractivity contribution in [3.05, 3.63) is 54.2 Å². The Balaban J connectivity index is 0.00000324. The van der Waals surface area contributed by atoms with E-state index in [-0.39, 0.29) is 12.0 Å². The van der Waals surface area contributed by atoms with Gasteiger partial charge >= 0.3 is 0 Å². The van der Waals surface area contributed by atoms with Gasteiger partial charge in [0.15, 0.2) is 5.03 Å². The number of sulfonamides is 1. The molecule has 2 N–H and O–H groups in total. The van der Waals surface area contributed by atoms with E-state index in [9.17, 15) is 13.2 Å². The molecule has 10 heteroatoms. The van der Waals surface area contributed by atoms with Crippen molar-refractivity contribution in [2.75, 3.05) is 24.6 Å². The Bertz CT molecular complexity index is 1210. The third-order valence-corrected chi connectivity index (χ3v) is 6.92. The summed E-state index contributed by atoms with van der Waals surface area (Å²) in [7, 11) is -4.07. The van der Waals surface area contributed by atoms with Gasteiger partial charge in [0.05, 0.1) is 24.1 Å². The highest BCUT2D eigenvalue weighted by Crippen LogP contribution is 2.29. The number of aromatic nitrogens is 3. The van der Waals surface area contributed by atoms with Gasteiger partial charge in [0.1, 0.15) is 11.6 Å². The second-order valence-corrected chi connectivity index (χ2v) is 9.70. The number of nitrogens with one attached hydrogen (secondary N) is 2. The molecule has 0 unspecified atom stereocenters. The van der Waals surface area contributed by atoms with Gasteiger partial charge in [-0.1, -0.05) is 6.92 Å². The molecule has 176 valence electrons. The summed E-state index contributed by atoms with van der Waals surface area (Å²) in [5, 5.41) is 5.84. The largest absolute Gasteiger partial charge is 0.494 e. The van der Waals surface area contributed by atoms with Gasteiger partial charge in [0.25, 0.3) is 15.9 Å². The molecule has 1 aromatic carbocycles. The molecule has 1 amide bonds. The van der Waals surface area contributed by atoms with Crippen molar-refractivity contribution in [2.45, 2.75) is 31.7 Å². The van der Waals surface area contributed by atoms with E-state index in [0.717, 1.165) is 37.2 Å². The summed E-state index contributed by atoms with van der Waals surface area (Å²) >= 11 is 0. The number of ether oxygens (including phenoxy) is 1. The van der Waals surface area contributed by atoms with Crippen LogP contribution < -0.4 is 14.4 Å². The number of hydrogen-bond acceptors (Lipinski definition) is 7. The Morgan fingerprint density at radius 2 is 1.91 bits per heavy atom. The third kappa shape index (κ3) is 5.16. The molecule has 2 aromatic heterocycles. The van der Waals surface area contributed by atoms with Gasteiger partial charge in [0, 0.05) is 20.1 Å². The average molecular weight is 472 g/mol. The van der Waals surface area contributed by atoms with E-state index < -0.39 is 15.9 Å². The zero-order valence-electron chi connectivity index (χ0n) is 18.6. The molecule has 1 fully saturated rings. The van der Waals surface area contributed by atoms with Gasteiger partial charge in [-0.15, -0.1) is 0 Å². The van der Waals surface area contributed by atoms with Crippen LogP contribution in [-0.4, -0.2) is 49.2 Å². The number of carbonyl (C=O) groups excluding carboxylic acids is 1. The number of piperidine rings is 1. The third-order valence-electron chi connectivity index (χ3n) is 5.66. The number of benzene rings is 1. The van der Waals surface area contributed by atoms with Crippen molar-refractivity contribution >= 4 is 21.7 Å². The number of hydrogen-bond donors (Lipinski definition) is 2. The minimum Gasteiger partial charge on any atom is -0.494 e. The minimum atomic E-state index is -4.07. The Labute approximate surface area is 194 Å². The van der Waals surface area contributed by atoms with Crippen molar-refractivity contribution in [1.29, 1.82) is 0 Å². The lowest BCUT2D eigenvalue weighted by atomic mass is 9.98. The zero-order valence-corrected chi connectivity index (χ0v) is 19.4. The molecule has 0 spiro atoms. The van der Waals surface area contributed by atoms with Crippen LogP contribution >= 0.6 is 0 Å². The molecule has 0 radical (unpaired) electrons. The number of nitrogens with zero attached hydrogens (tertiary/aromatic N) is 3. The number of H-pyrrole nitrogens is 1. The van der Waals surface area contributed by atoms with Gasteiger partial charge in [-0.3, -0.25) is 9.89 Å². The molecule has 1 aliphatic heterocycles. The normalized spacial score (nSPS) is 14.8. The molecule has 3 heterocycles. The Morgan fingerprint density at radius 3 is 2.55 bits per heavy atom. The summed E-state index contributed by atoms with van der Waals surface area (Å²) in [5.74, 6) is 1.11. The van der Waals surface area contributed by atoms with Crippen molar-refractivity contribution in [2.24, 2.45) is 5.92 Å². The number of amides is 1. The van der Waals surface area contributed by atoms with E-state index in [4.69, 9.17) is 9.72 Å². The highest BCUT2D eigenvalue weighted by atomic mass is 32.2. The summed E-state index contributed by atoms with van der Waals surface area (Å²) in [4.78, 5) is 19.9. The van der Waals surface area contributed by atoms with Crippen LogP contribution in [0.3, 0.4) is 0 Å². The minimum absolute atomic E-state index is 0. The predicted molar refractivity (Wildman–Crippen MR) is 127 cm³/mol. The predicted octanol–water partition coefficient (Wildman–Crippen LogP) is 3.47. The zero-order chi connectivity index (χ0) is 23.4. The molecule has 1 saturated heterocycles. The fraction of sp³-hybridized carbons (Fsp3) is 0.348. The van der Waals surface area contributed by atoms with Gasteiger partial charge in [-0.2, -0.15) is 13.5 Å². The molecule has 0 saturated carbocycles. The lowest BCUT2D eigenvalue weighted by Crippen LogP contribution is -2.37. The standard InChI is InChI=1S/C23H27N5O4S.H2/c1-3-32-18-6-4-17(5-7-18)20-9-8-19(22(25-20)28-14-11-16(2)12-15-28)23(29)27-33(30,31)21-10-13-24-26-21;/h4-10,13,16H,3,11-12,14-15H2,1-2H3,(H,24,26)(H,27,29);1H. The van der Waals surface area contributed by atoms with E-state index in [1.54, 1.807) is 12.1 Å². The van der Waals surface area contributed by atoms with E-state index in [2.05, 4.69) is 26.7 Å². The van der Waals surface area contributed by atoms with Gasteiger partial charge in [0.2, 0.25) is 0 Å². The molecular weight excluding hydrogens is 442 g/mol. The lowest BCUT2D eigenvalue weighted by molar-refractivity contribution is 0.0981. The Morgan fingerprint density at radius 1 is 1.18 bits per heavy atom. The quantitative estimate of drug-likeness (QED) is 0.542. The van der Waals surface area contributed by atoms with E-state index in [1.165, 1.54) is 12.3 Å². The van der Waals surface area contributed by atoms with Crippen LogP contribution in [0.2, 0.25) is 0 Å². The number of carbonyl (C=O) groups is 1. The van der Waals surface area contributed by atoms with E-state index in [1.807, 2.05) is 31.2 Å². The summed E-state index contributed by atoms with van der Waals surface area (Å²) in [6.45, 7) is 6.20. The first-order chi connectivity index (χ1) is 15.9. The molecular formula is C23H29N5O4S. The van der Waals surface area contributed by atoms with Crippen LogP contribution in [0.4, 0.5) is 5.82 Å². The van der Waals surface area contributed by atoms with Crippen LogP contribution in [0.15, 0.2) is 53.7 Å². The number of anilines is 1. The van der Waals surface area contributed by atoms with Crippen LogP contribution in [0, 0.1) is 5.92 Å². The summed E-state index contributed by atoms with van der Waals surface area (Å²) in [6.07, 6.45) is 3.26. The molecule has 0 atom stereocenters. The smallest absolute Gasteiger partial charge is 0.281 e. The van der Waals surface area contributed by atoms with Crippen LogP contribution in [0.1, 0.15) is 38.5 Å². The van der Waals surface area contributed by atoms with Crippen LogP contribution in [0.5, 0.6) is 5.75 Å². The van der Waals surface area contributed by atoms with Crippen molar-refractivity contribution < 1.29 is 19.4 Å². The van der Waals surface area contributed by atoms with Crippen LogP contribution in [0.25, 0.3) is 11.3 Å². The van der Waals surface area contributed by atoms with Gasteiger partial charge < -0.3 is 9.64 Å². The van der Waals surface area contributed by atoms with Crippen molar-refractivity contribution in [1.82, 2.24) is 19.9 Å². The van der Waals surface area contributed by atoms with Crippen molar-refractivity contribution in [3.8, 4) is 17.0 Å². The van der Waals surface area contributed by atoms with Crippen molar-refractivity contribution in [3.63, 3.8) is 0 Å². The molecule has 3 aromatic rings. The first-order valence-electron chi connectivity index (χ1n) is 10.9. The summed E-state index contributed by atoms with van der Waals surface area (Å²) < 4.78 is 32.7. The SMILES string of the molecule is CCOc1ccc(-c2ccc(C(=O)NS(=O)(=O)c3ccn[nH]3)c(N3CCC(C)CC3)n2)cc1.[HH]. The molecule has 9 nitrogen and oxygen atoms in total. The maximum absolute atomic E-state index is 13.0. The monoisotopic (exact) mass is 471 g/mol. The Hall–Kier alpha value is -3.40. The number of aromatic amines is 1. The molecule has 33 heavy (non-hydrogen) atoms. The molecule has 4 rings (SSSR count). The van der Waals surface area contributed by atoms with Crippen LogP contribution in [-0.2, 0) is 10.0 Å². The second-order valence-electron chi connectivity index (χ2n) is 8.05. The average Bonchev–Trinajstić information content (AvgIpc) is 3.36. The molecule has 0 bridgehead atoms. The highest BCUT2D eigenvalue weighted by molar-refractivity contribution is 7.90. The topological polar surface area (TPSA) is 117 Å². The van der Waals surface area contributed by atoms with Gasteiger partial charge in [-0.05, 0) is 68.1 Å². The van der Waals surface area contributed by atoms with Gasteiger partial charge in [-0.25, -0.2) is 9.71 Å². The molecule has 1 aliphatic rings. The van der Waals surface area contributed by atoms with E-state index >= 15 is 0 Å². The Kier molecular flexibility index (Phi) is 6.64. The second kappa shape index (κ2) is 9.62. The first-order valence-corrected chi connectivity index (χ1v) is 12.4. The summed E-state index contributed by atoms with van der Waals surface area (Å²) in [5.41, 5.74) is 1.78. The first kappa shape index (κ1) is 22.8. The fourth-order valence-electron chi connectivity index (χ4n) is 3.76. The summed E-state index contributed by atoms with van der Waals surface area (Å²) in [6, 6.07) is 12.2. The maximum Gasteiger partial charge on any atom is 0.281 e. The molecule has 0 aliphatic carbocycles. The maximum atomic E-state index is 13.0. The van der Waals surface area contributed by atoms with E-state index in [0.29, 0.717) is 24.0 Å². The number of rotatable bonds is 7. The number of pyridine rings is 1. The highest BCUT2D eigenvalue weighted by Gasteiger charge is 2.26. The lowest BCUT2D eigenvalue weighted by Gasteiger charge is -2.32. The fourth-order valence-corrected chi connectivity index (χ4v) is 4.64.